The van der Waals surface area contributed by atoms with Gasteiger partial charge in [0.2, 0.25) is 0 Å². The van der Waals surface area contributed by atoms with Gasteiger partial charge in [0, 0.05) is 0 Å². The van der Waals surface area contributed by atoms with Gasteiger partial charge in [-0.15, -0.1) is 0 Å². The molecular formula is C8H17F2NO. The first-order valence-corrected chi connectivity index (χ1v) is 4.17. The molecular weight excluding hydrogens is 164 g/mol. The van der Waals surface area contributed by atoms with Crippen molar-refractivity contribution < 1.29 is 13.9 Å². The summed E-state index contributed by atoms with van der Waals surface area (Å²) in [4.78, 5) is 1.58. The number of alkyl halides is 2. The molecule has 0 rings (SSSR count). The van der Waals surface area contributed by atoms with E-state index in [9.17, 15) is 8.78 Å². The predicted molar refractivity (Wildman–Crippen MR) is 44.4 cm³/mol. The molecule has 0 spiro atoms. The zero-order chi connectivity index (χ0) is 9.56. The van der Waals surface area contributed by atoms with Crippen LogP contribution >= 0.6 is 0 Å². The number of rotatable bonds is 6. The van der Waals surface area contributed by atoms with Gasteiger partial charge >= 0.3 is 0 Å². The zero-order valence-electron chi connectivity index (χ0n) is 7.63. The maximum atomic E-state index is 11.8. The molecule has 0 aliphatic rings. The van der Waals surface area contributed by atoms with Gasteiger partial charge in [-0.05, 0) is 33.4 Å². The average molecular weight is 181 g/mol. The van der Waals surface area contributed by atoms with Crippen LogP contribution in [0.5, 0.6) is 0 Å². The lowest BCUT2D eigenvalue weighted by atomic mass is 10.2. The Balaban J connectivity index is 3.25. The van der Waals surface area contributed by atoms with Crippen molar-refractivity contribution in [1.29, 1.82) is 0 Å². The summed E-state index contributed by atoms with van der Waals surface area (Å²) in [5, 5.41) is 8.88. The van der Waals surface area contributed by atoms with Gasteiger partial charge < -0.3 is 10.0 Å². The van der Waals surface area contributed by atoms with Crippen LogP contribution in [0.1, 0.15) is 19.8 Å². The van der Waals surface area contributed by atoms with E-state index in [2.05, 4.69) is 0 Å². The Morgan fingerprint density at radius 1 is 1.42 bits per heavy atom. The lowest BCUT2D eigenvalue weighted by Gasteiger charge is -2.15. The molecule has 0 aromatic heterocycles. The van der Waals surface area contributed by atoms with Crippen molar-refractivity contribution in [2.24, 2.45) is 0 Å². The summed E-state index contributed by atoms with van der Waals surface area (Å²) < 4.78 is 23.6. The molecule has 2 nitrogen and oxygen atoms in total. The van der Waals surface area contributed by atoms with Gasteiger partial charge in [-0.1, -0.05) is 0 Å². The van der Waals surface area contributed by atoms with Crippen molar-refractivity contribution in [2.75, 3.05) is 20.1 Å². The van der Waals surface area contributed by atoms with Crippen LogP contribution in [0.4, 0.5) is 8.78 Å². The van der Waals surface area contributed by atoms with Crippen LogP contribution in [-0.2, 0) is 0 Å². The quantitative estimate of drug-likeness (QED) is 0.668. The molecule has 0 heterocycles. The van der Waals surface area contributed by atoms with E-state index in [1.54, 1.807) is 18.9 Å². The summed E-state index contributed by atoms with van der Waals surface area (Å²) in [5.41, 5.74) is 0. The van der Waals surface area contributed by atoms with E-state index in [0.29, 0.717) is 13.0 Å². The Morgan fingerprint density at radius 3 is 2.42 bits per heavy atom. The zero-order valence-corrected chi connectivity index (χ0v) is 7.63. The van der Waals surface area contributed by atoms with Crippen LogP contribution in [-0.4, -0.2) is 42.7 Å². The van der Waals surface area contributed by atoms with Crippen LogP contribution in [0.3, 0.4) is 0 Å². The van der Waals surface area contributed by atoms with E-state index < -0.39 is 6.43 Å². The number of halogens is 2. The lowest BCUT2D eigenvalue weighted by molar-refractivity contribution is 0.0968. The van der Waals surface area contributed by atoms with Crippen molar-refractivity contribution in [1.82, 2.24) is 4.90 Å². The molecule has 0 aromatic rings. The summed E-state index contributed by atoms with van der Waals surface area (Å²) in [7, 11) is 1.66. The molecule has 0 fully saturated rings. The number of nitrogens with zero attached hydrogens (tertiary/aromatic N) is 1. The minimum Gasteiger partial charge on any atom is -0.393 e. The van der Waals surface area contributed by atoms with Gasteiger partial charge in [0.1, 0.15) is 0 Å². The van der Waals surface area contributed by atoms with Gasteiger partial charge in [-0.25, -0.2) is 8.78 Å². The number of aliphatic hydroxyl groups excluding tert-OH is 1. The van der Waals surface area contributed by atoms with E-state index in [1.165, 1.54) is 0 Å². The molecule has 0 radical (unpaired) electrons. The molecule has 1 N–H and O–H groups in total. The van der Waals surface area contributed by atoms with Crippen LogP contribution in [0.15, 0.2) is 0 Å². The first-order valence-electron chi connectivity index (χ1n) is 4.17. The Bertz CT molecular complexity index is 109. The summed E-state index contributed by atoms with van der Waals surface area (Å²) in [5.74, 6) is 0. The predicted octanol–water partition coefficient (Wildman–Crippen LogP) is 1.34. The average Bonchev–Trinajstić information content (AvgIpc) is 1.84. The highest BCUT2D eigenvalue weighted by atomic mass is 19.3. The third kappa shape index (κ3) is 7.88. The van der Waals surface area contributed by atoms with Crippen LogP contribution < -0.4 is 0 Å². The van der Waals surface area contributed by atoms with Crippen molar-refractivity contribution in [3.8, 4) is 0 Å². The van der Waals surface area contributed by atoms with Crippen molar-refractivity contribution in [2.45, 2.75) is 32.3 Å². The van der Waals surface area contributed by atoms with Crippen LogP contribution in [0.25, 0.3) is 0 Å². The monoisotopic (exact) mass is 181 g/mol. The van der Waals surface area contributed by atoms with Crippen molar-refractivity contribution >= 4 is 0 Å². The van der Waals surface area contributed by atoms with Crippen molar-refractivity contribution in [3.05, 3.63) is 0 Å². The summed E-state index contributed by atoms with van der Waals surface area (Å²) >= 11 is 0. The molecule has 1 atom stereocenters. The highest BCUT2D eigenvalue weighted by Gasteiger charge is 2.07. The van der Waals surface area contributed by atoms with Gasteiger partial charge in [-0.3, -0.25) is 0 Å². The Kier molecular flexibility index (Phi) is 6.20. The lowest BCUT2D eigenvalue weighted by Crippen LogP contribution is -2.26. The molecule has 74 valence electrons. The van der Waals surface area contributed by atoms with Crippen molar-refractivity contribution in [3.63, 3.8) is 0 Å². The topological polar surface area (TPSA) is 23.5 Å². The Labute approximate surface area is 72.2 Å². The van der Waals surface area contributed by atoms with Crippen LogP contribution in [0.2, 0.25) is 0 Å². The molecule has 0 amide bonds. The smallest absolute Gasteiger partial charge is 0.251 e. The number of hydrogen-bond acceptors (Lipinski definition) is 2. The standard InChI is InChI=1S/C8H17F2NO/c1-7(12)4-3-5-11(2)6-8(9)10/h7-8,12H,3-6H2,1-2H3. The fourth-order valence-corrected chi connectivity index (χ4v) is 0.984. The normalized spacial score (nSPS) is 14.2. The molecule has 0 aliphatic carbocycles. The summed E-state index contributed by atoms with van der Waals surface area (Å²) in [6.07, 6.45) is -1.15. The molecule has 1 unspecified atom stereocenters. The van der Waals surface area contributed by atoms with Gasteiger partial charge in [0.25, 0.3) is 6.43 Å². The molecule has 0 aromatic carbocycles. The highest BCUT2D eigenvalue weighted by molar-refractivity contribution is 4.55. The van der Waals surface area contributed by atoms with E-state index in [1.807, 2.05) is 0 Å². The Hall–Kier alpha value is -0.220. The fourth-order valence-electron chi connectivity index (χ4n) is 0.984. The summed E-state index contributed by atoms with van der Waals surface area (Å²) in [6.45, 7) is 2.14. The second-order valence-electron chi connectivity index (χ2n) is 3.14. The van der Waals surface area contributed by atoms with Gasteiger partial charge in [0.05, 0.1) is 12.6 Å². The maximum absolute atomic E-state index is 11.8. The first kappa shape index (κ1) is 11.8. The van der Waals surface area contributed by atoms with E-state index in [-0.39, 0.29) is 12.6 Å². The minimum absolute atomic E-state index is 0.181. The maximum Gasteiger partial charge on any atom is 0.251 e. The van der Waals surface area contributed by atoms with Gasteiger partial charge in [-0.2, -0.15) is 0 Å². The fraction of sp³-hybridized carbons (Fsp3) is 1.00. The largest absolute Gasteiger partial charge is 0.393 e. The second-order valence-corrected chi connectivity index (χ2v) is 3.14. The van der Waals surface area contributed by atoms with Gasteiger partial charge in [0.15, 0.2) is 0 Å². The number of hydrogen-bond donors (Lipinski definition) is 1. The van der Waals surface area contributed by atoms with E-state index in [4.69, 9.17) is 5.11 Å². The number of aliphatic hydroxyl groups is 1. The second kappa shape index (κ2) is 6.31. The molecule has 12 heavy (non-hydrogen) atoms. The molecule has 0 saturated carbocycles. The third-order valence-electron chi connectivity index (χ3n) is 1.61. The highest BCUT2D eigenvalue weighted by Crippen LogP contribution is 2.00. The third-order valence-corrected chi connectivity index (χ3v) is 1.61. The molecule has 4 heteroatoms. The Morgan fingerprint density at radius 2 is 2.00 bits per heavy atom. The SMILES string of the molecule is CC(O)CCCN(C)CC(F)F. The first-order chi connectivity index (χ1) is 5.52. The van der Waals surface area contributed by atoms with E-state index >= 15 is 0 Å². The summed E-state index contributed by atoms with van der Waals surface area (Å²) in [6, 6.07) is 0. The van der Waals surface area contributed by atoms with Crippen LogP contribution in [0, 0.1) is 0 Å². The van der Waals surface area contributed by atoms with E-state index in [0.717, 1.165) is 6.42 Å². The molecule has 0 saturated heterocycles. The molecule has 0 bridgehead atoms. The molecule has 0 aliphatic heterocycles. The minimum atomic E-state index is -2.26.